The molecule has 2 aliphatic rings. The van der Waals surface area contributed by atoms with Crippen molar-refractivity contribution in [3.8, 4) is 0 Å². The Balaban J connectivity index is 0.00000200. The van der Waals surface area contributed by atoms with Crippen molar-refractivity contribution in [2.75, 3.05) is 36.9 Å². The molecule has 2 aliphatic heterocycles. The molecule has 0 spiro atoms. The first-order chi connectivity index (χ1) is 9.29. The first-order valence-electron chi connectivity index (χ1n) is 7.50. The van der Waals surface area contributed by atoms with Crippen molar-refractivity contribution < 1.29 is 4.79 Å². The van der Waals surface area contributed by atoms with E-state index in [1.165, 1.54) is 25.0 Å². The van der Waals surface area contributed by atoms with E-state index in [1.807, 2.05) is 23.5 Å². The monoisotopic (exact) mass is 338 g/mol. The maximum atomic E-state index is 12.4. The minimum atomic E-state index is 0. The van der Waals surface area contributed by atoms with E-state index in [0.29, 0.717) is 23.6 Å². The van der Waals surface area contributed by atoms with Gasteiger partial charge in [0.2, 0.25) is 5.91 Å². The second kappa shape index (κ2) is 10.2. The molecule has 2 rings (SSSR count). The van der Waals surface area contributed by atoms with Crippen LogP contribution in [0.5, 0.6) is 0 Å². The second-order valence-corrected chi connectivity index (χ2v) is 8.07. The molecule has 0 aromatic heterocycles. The van der Waals surface area contributed by atoms with E-state index in [2.05, 4.69) is 17.1 Å². The molecule has 1 amide bonds. The standard InChI is InChI=1S/C14H26N2OS2.ClH/c1-2-19-13-5-3-4-7-16(10-13)14(17)9-12-11-18-8-6-15-12;/h12-13,15H,2-11H2,1H3;1H. The summed E-state index contributed by atoms with van der Waals surface area (Å²) in [5, 5.41) is 4.13. The number of halogens is 1. The highest BCUT2D eigenvalue weighted by Crippen LogP contribution is 2.23. The average Bonchev–Trinajstić information content (AvgIpc) is 2.66. The first-order valence-corrected chi connectivity index (χ1v) is 9.70. The molecule has 0 saturated carbocycles. The van der Waals surface area contributed by atoms with Gasteiger partial charge in [-0.2, -0.15) is 23.5 Å². The number of hydrogen-bond donors (Lipinski definition) is 1. The van der Waals surface area contributed by atoms with E-state index in [4.69, 9.17) is 0 Å². The van der Waals surface area contributed by atoms with Gasteiger partial charge in [-0.15, -0.1) is 12.4 Å². The zero-order chi connectivity index (χ0) is 13.5. The third kappa shape index (κ3) is 6.04. The van der Waals surface area contributed by atoms with Crippen LogP contribution in [0.4, 0.5) is 0 Å². The summed E-state index contributed by atoms with van der Waals surface area (Å²) in [6.45, 7) is 5.21. The maximum Gasteiger partial charge on any atom is 0.224 e. The molecule has 2 fully saturated rings. The second-order valence-electron chi connectivity index (χ2n) is 5.34. The summed E-state index contributed by atoms with van der Waals surface area (Å²) in [7, 11) is 0. The van der Waals surface area contributed by atoms with E-state index in [0.717, 1.165) is 31.1 Å². The number of carbonyl (C=O) groups is 1. The van der Waals surface area contributed by atoms with Gasteiger partial charge in [-0.1, -0.05) is 13.3 Å². The molecule has 0 aromatic rings. The van der Waals surface area contributed by atoms with Gasteiger partial charge < -0.3 is 10.2 Å². The number of rotatable bonds is 4. The van der Waals surface area contributed by atoms with E-state index >= 15 is 0 Å². The van der Waals surface area contributed by atoms with Crippen LogP contribution in [-0.4, -0.2) is 59.0 Å². The van der Waals surface area contributed by atoms with Crippen LogP contribution >= 0.6 is 35.9 Å². The molecule has 0 bridgehead atoms. The van der Waals surface area contributed by atoms with Crippen LogP contribution in [-0.2, 0) is 4.79 Å². The predicted molar refractivity (Wildman–Crippen MR) is 93.3 cm³/mol. The molecular weight excluding hydrogens is 312 g/mol. The SMILES string of the molecule is CCSC1CCCCN(C(=O)CC2CSCCN2)C1.Cl. The van der Waals surface area contributed by atoms with Crippen LogP contribution in [0.15, 0.2) is 0 Å². The summed E-state index contributed by atoms with van der Waals surface area (Å²) in [5.41, 5.74) is 0. The highest BCUT2D eigenvalue weighted by molar-refractivity contribution is 7.99. The number of thioether (sulfide) groups is 2. The van der Waals surface area contributed by atoms with Crippen molar-refractivity contribution >= 4 is 41.8 Å². The molecule has 2 saturated heterocycles. The fourth-order valence-corrected chi connectivity index (χ4v) is 4.83. The van der Waals surface area contributed by atoms with Gasteiger partial charge in [0, 0.05) is 48.9 Å². The Hall–Kier alpha value is 0.420. The molecule has 2 heterocycles. The van der Waals surface area contributed by atoms with E-state index in [-0.39, 0.29) is 12.4 Å². The maximum absolute atomic E-state index is 12.4. The molecule has 6 heteroatoms. The van der Waals surface area contributed by atoms with Gasteiger partial charge in [-0.05, 0) is 18.6 Å². The van der Waals surface area contributed by atoms with Crippen LogP contribution < -0.4 is 5.32 Å². The number of amides is 1. The Kier molecular flexibility index (Phi) is 9.42. The largest absolute Gasteiger partial charge is 0.342 e. The number of carbonyl (C=O) groups excluding carboxylic acids is 1. The lowest BCUT2D eigenvalue weighted by atomic mass is 10.2. The first kappa shape index (κ1) is 18.5. The number of hydrogen-bond acceptors (Lipinski definition) is 4. The van der Waals surface area contributed by atoms with Crippen LogP contribution in [0.3, 0.4) is 0 Å². The molecule has 0 aromatic carbocycles. The van der Waals surface area contributed by atoms with Gasteiger partial charge in [0.25, 0.3) is 0 Å². The normalized spacial score (nSPS) is 27.6. The minimum Gasteiger partial charge on any atom is -0.342 e. The Morgan fingerprint density at radius 2 is 2.30 bits per heavy atom. The minimum absolute atomic E-state index is 0. The summed E-state index contributed by atoms with van der Waals surface area (Å²) in [4.78, 5) is 14.6. The molecule has 2 atom stereocenters. The van der Waals surface area contributed by atoms with Crippen molar-refractivity contribution in [1.82, 2.24) is 10.2 Å². The highest BCUT2D eigenvalue weighted by Gasteiger charge is 2.24. The van der Waals surface area contributed by atoms with Crippen LogP contribution in [0.25, 0.3) is 0 Å². The predicted octanol–water partition coefficient (Wildman–Crippen LogP) is 2.64. The van der Waals surface area contributed by atoms with Crippen molar-refractivity contribution in [2.24, 2.45) is 0 Å². The number of nitrogens with one attached hydrogen (secondary N) is 1. The quantitative estimate of drug-likeness (QED) is 0.854. The molecule has 0 radical (unpaired) electrons. The van der Waals surface area contributed by atoms with E-state index < -0.39 is 0 Å². The lowest BCUT2D eigenvalue weighted by Crippen LogP contribution is -2.43. The molecule has 118 valence electrons. The lowest BCUT2D eigenvalue weighted by Gasteiger charge is -2.28. The van der Waals surface area contributed by atoms with E-state index in [9.17, 15) is 4.79 Å². The van der Waals surface area contributed by atoms with E-state index in [1.54, 1.807) is 0 Å². The van der Waals surface area contributed by atoms with Crippen molar-refractivity contribution in [2.45, 2.75) is 43.9 Å². The third-order valence-electron chi connectivity index (χ3n) is 3.80. The highest BCUT2D eigenvalue weighted by atomic mass is 35.5. The van der Waals surface area contributed by atoms with Gasteiger partial charge in [0.15, 0.2) is 0 Å². The molecular formula is C14H27ClN2OS2. The Bertz CT molecular complexity index is 288. The van der Waals surface area contributed by atoms with Crippen molar-refractivity contribution in [3.05, 3.63) is 0 Å². The smallest absolute Gasteiger partial charge is 0.224 e. The third-order valence-corrected chi connectivity index (χ3v) is 6.12. The van der Waals surface area contributed by atoms with Gasteiger partial charge in [-0.3, -0.25) is 4.79 Å². The molecule has 2 unspecified atom stereocenters. The summed E-state index contributed by atoms with van der Waals surface area (Å²) in [6.07, 6.45) is 4.43. The Morgan fingerprint density at radius 3 is 3.00 bits per heavy atom. The zero-order valence-electron chi connectivity index (χ0n) is 12.3. The fraction of sp³-hybridized carbons (Fsp3) is 0.929. The summed E-state index contributed by atoms with van der Waals surface area (Å²) >= 11 is 3.99. The molecule has 1 N–H and O–H groups in total. The van der Waals surface area contributed by atoms with Crippen molar-refractivity contribution in [3.63, 3.8) is 0 Å². The van der Waals surface area contributed by atoms with Crippen LogP contribution in [0, 0.1) is 0 Å². The fourth-order valence-electron chi connectivity index (χ4n) is 2.79. The molecule has 20 heavy (non-hydrogen) atoms. The molecule has 3 nitrogen and oxygen atoms in total. The number of nitrogens with zero attached hydrogens (tertiary/aromatic N) is 1. The van der Waals surface area contributed by atoms with Gasteiger partial charge in [0.1, 0.15) is 0 Å². The Labute approximate surface area is 137 Å². The average molecular weight is 339 g/mol. The summed E-state index contributed by atoms with van der Waals surface area (Å²) in [5.74, 6) is 3.80. The topological polar surface area (TPSA) is 32.3 Å². The van der Waals surface area contributed by atoms with Crippen molar-refractivity contribution in [1.29, 1.82) is 0 Å². The van der Waals surface area contributed by atoms with Gasteiger partial charge in [-0.25, -0.2) is 0 Å². The molecule has 0 aliphatic carbocycles. The van der Waals surface area contributed by atoms with Crippen LogP contribution in [0.1, 0.15) is 32.6 Å². The Morgan fingerprint density at radius 1 is 1.45 bits per heavy atom. The number of likely N-dealkylation sites (tertiary alicyclic amines) is 1. The van der Waals surface area contributed by atoms with Gasteiger partial charge >= 0.3 is 0 Å². The van der Waals surface area contributed by atoms with Crippen LogP contribution in [0.2, 0.25) is 0 Å². The summed E-state index contributed by atoms with van der Waals surface area (Å²) in [6, 6.07) is 0.395. The zero-order valence-corrected chi connectivity index (χ0v) is 14.8. The van der Waals surface area contributed by atoms with Gasteiger partial charge in [0.05, 0.1) is 0 Å². The summed E-state index contributed by atoms with van der Waals surface area (Å²) < 4.78 is 0. The lowest BCUT2D eigenvalue weighted by molar-refractivity contribution is -0.131.